The van der Waals surface area contributed by atoms with Crippen LogP contribution in [0.3, 0.4) is 0 Å². The Balaban J connectivity index is 1.53. The largest absolute Gasteiger partial charge is 0.331 e. The van der Waals surface area contributed by atoms with Gasteiger partial charge in [-0.05, 0) is 54.8 Å². The van der Waals surface area contributed by atoms with Gasteiger partial charge in [-0.25, -0.2) is 9.67 Å². The summed E-state index contributed by atoms with van der Waals surface area (Å²) in [6, 6.07) is 15.3. The molecular formula is C24H24ClN5O. The fourth-order valence-electron chi connectivity index (χ4n) is 3.54. The number of amides is 1. The van der Waals surface area contributed by atoms with Crippen LogP contribution < -0.4 is 5.32 Å². The van der Waals surface area contributed by atoms with Crippen LogP contribution in [0.25, 0.3) is 5.69 Å². The minimum atomic E-state index is -0.179. The second-order valence-electron chi connectivity index (χ2n) is 7.74. The molecule has 1 amide bonds. The number of carbonyl (C=O) groups excluding carboxylic acids is 1. The van der Waals surface area contributed by atoms with Crippen molar-refractivity contribution in [2.75, 3.05) is 5.32 Å². The molecule has 31 heavy (non-hydrogen) atoms. The van der Waals surface area contributed by atoms with Gasteiger partial charge in [0.1, 0.15) is 5.82 Å². The number of halogens is 1. The predicted molar refractivity (Wildman–Crippen MR) is 123 cm³/mol. The number of nitrogens with one attached hydrogen (secondary N) is 1. The standard InChI is InChI=1S/C24H24ClN5O/c1-16(2)23-22(14-27-30(23)21-10-6-19(25)7-11-21)24(31)28-20-8-4-18(5-9-20)15-29-13-12-26-17(29)3/h4-14,16H,15H2,1-3H3,(H,28,31). The summed E-state index contributed by atoms with van der Waals surface area (Å²) in [7, 11) is 0. The SMILES string of the molecule is Cc1nccn1Cc1ccc(NC(=O)c2cnn(-c3ccc(Cl)cc3)c2C(C)C)cc1. The molecule has 0 radical (unpaired) electrons. The van der Waals surface area contributed by atoms with Gasteiger partial charge in [0.2, 0.25) is 0 Å². The zero-order valence-electron chi connectivity index (χ0n) is 17.7. The Morgan fingerprint density at radius 1 is 1.10 bits per heavy atom. The van der Waals surface area contributed by atoms with Crippen LogP contribution in [0.1, 0.15) is 47.2 Å². The number of nitrogens with zero attached hydrogens (tertiary/aromatic N) is 4. The molecule has 0 unspecified atom stereocenters. The highest BCUT2D eigenvalue weighted by Gasteiger charge is 2.21. The second kappa shape index (κ2) is 8.78. The minimum absolute atomic E-state index is 0.111. The molecule has 7 heteroatoms. The molecule has 2 aromatic carbocycles. The number of hydrogen-bond donors (Lipinski definition) is 1. The monoisotopic (exact) mass is 433 g/mol. The molecule has 2 heterocycles. The maximum atomic E-state index is 13.0. The molecular weight excluding hydrogens is 410 g/mol. The Morgan fingerprint density at radius 2 is 1.81 bits per heavy atom. The quantitative estimate of drug-likeness (QED) is 0.439. The van der Waals surface area contributed by atoms with E-state index in [1.807, 2.05) is 75.5 Å². The van der Waals surface area contributed by atoms with Crippen molar-refractivity contribution in [3.63, 3.8) is 0 Å². The second-order valence-corrected chi connectivity index (χ2v) is 8.18. The van der Waals surface area contributed by atoms with Crippen molar-refractivity contribution >= 4 is 23.2 Å². The lowest BCUT2D eigenvalue weighted by atomic mass is 10.0. The number of aromatic nitrogens is 4. The molecule has 6 nitrogen and oxygen atoms in total. The lowest BCUT2D eigenvalue weighted by Gasteiger charge is -2.13. The molecule has 2 aromatic heterocycles. The third kappa shape index (κ3) is 4.54. The van der Waals surface area contributed by atoms with Crippen LogP contribution in [0.4, 0.5) is 5.69 Å². The van der Waals surface area contributed by atoms with E-state index in [0.717, 1.165) is 35.0 Å². The van der Waals surface area contributed by atoms with E-state index < -0.39 is 0 Å². The topological polar surface area (TPSA) is 64.7 Å². The normalized spacial score (nSPS) is 11.1. The number of rotatable bonds is 6. The molecule has 0 aliphatic rings. The number of imidazole rings is 1. The van der Waals surface area contributed by atoms with E-state index in [1.54, 1.807) is 17.1 Å². The van der Waals surface area contributed by atoms with Crippen molar-refractivity contribution in [3.05, 3.63) is 94.8 Å². The highest BCUT2D eigenvalue weighted by atomic mass is 35.5. The van der Waals surface area contributed by atoms with Crippen LogP contribution in [0.2, 0.25) is 5.02 Å². The molecule has 0 aliphatic carbocycles. The van der Waals surface area contributed by atoms with Crippen molar-refractivity contribution < 1.29 is 4.79 Å². The Hall–Kier alpha value is -3.38. The van der Waals surface area contributed by atoms with Gasteiger partial charge in [-0.15, -0.1) is 0 Å². The molecule has 4 rings (SSSR count). The number of benzene rings is 2. The van der Waals surface area contributed by atoms with E-state index in [1.165, 1.54) is 0 Å². The zero-order chi connectivity index (χ0) is 22.0. The average molecular weight is 434 g/mol. The van der Waals surface area contributed by atoms with Crippen molar-refractivity contribution in [1.29, 1.82) is 0 Å². The maximum Gasteiger partial charge on any atom is 0.259 e. The van der Waals surface area contributed by atoms with Gasteiger partial charge in [0.25, 0.3) is 5.91 Å². The predicted octanol–water partition coefficient (Wildman–Crippen LogP) is 5.45. The molecule has 0 spiro atoms. The number of aryl methyl sites for hydroxylation is 1. The van der Waals surface area contributed by atoms with E-state index in [0.29, 0.717) is 10.6 Å². The Morgan fingerprint density at radius 3 is 2.42 bits per heavy atom. The third-order valence-corrected chi connectivity index (χ3v) is 5.41. The highest BCUT2D eigenvalue weighted by Crippen LogP contribution is 2.25. The molecule has 0 saturated carbocycles. The number of carbonyl (C=O) groups is 1. The summed E-state index contributed by atoms with van der Waals surface area (Å²) in [4.78, 5) is 17.3. The summed E-state index contributed by atoms with van der Waals surface area (Å²) < 4.78 is 3.88. The summed E-state index contributed by atoms with van der Waals surface area (Å²) in [6.45, 7) is 6.82. The van der Waals surface area contributed by atoms with E-state index in [-0.39, 0.29) is 11.8 Å². The molecule has 0 saturated heterocycles. The smallest absolute Gasteiger partial charge is 0.259 e. The van der Waals surface area contributed by atoms with Gasteiger partial charge >= 0.3 is 0 Å². The first-order valence-corrected chi connectivity index (χ1v) is 10.5. The fourth-order valence-corrected chi connectivity index (χ4v) is 3.66. The molecule has 0 atom stereocenters. The van der Waals surface area contributed by atoms with E-state index in [2.05, 4.69) is 20.0 Å². The fraction of sp³-hybridized carbons (Fsp3) is 0.208. The van der Waals surface area contributed by atoms with E-state index >= 15 is 0 Å². The molecule has 4 aromatic rings. The van der Waals surface area contributed by atoms with Gasteiger partial charge in [0.05, 0.1) is 23.1 Å². The summed E-state index contributed by atoms with van der Waals surface area (Å²) >= 11 is 6.01. The summed E-state index contributed by atoms with van der Waals surface area (Å²) in [5, 5.41) is 8.12. The molecule has 0 fully saturated rings. The molecule has 158 valence electrons. The summed E-state index contributed by atoms with van der Waals surface area (Å²) in [5.41, 5.74) is 4.16. The van der Waals surface area contributed by atoms with Crippen molar-refractivity contribution in [3.8, 4) is 5.69 Å². The van der Waals surface area contributed by atoms with Gasteiger partial charge in [-0.1, -0.05) is 37.6 Å². The van der Waals surface area contributed by atoms with Crippen LogP contribution in [-0.2, 0) is 6.54 Å². The minimum Gasteiger partial charge on any atom is -0.331 e. The Kier molecular flexibility index (Phi) is 5.91. The van der Waals surface area contributed by atoms with Gasteiger partial charge in [-0.3, -0.25) is 4.79 Å². The highest BCUT2D eigenvalue weighted by molar-refractivity contribution is 6.30. The first kappa shape index (κ1) is 20.9. The van der Waals surface area contributed by atoms with E-state index in [4.69, 9.17) is 11.6 Å². The Labute approximate surface area is 186 Å². The van der Waals surface area contributed by atoms with Gasteiger partial charge < -0.3 is 9.88 Å². The van der Waals surface area contributed by atoms with Gasteiger partial charge in [-0.2, -0.15) is 5.10 Å². The van der Waals surface area contributed by atoms with Crippen molar-refractivity contribution in [2.45, 2.75) is 33.2 Å². The van der Waals surface area contributed by atoms with Crippen LogP contribution in [0, 0.1) is 6.92 Å². The van der Waals surface area contributed by atoms with Gasteiger partial charge in [0, 0.05) is 29.6 Å². The zero-order valence-corrected chi connectivity index (χ0v) is 18.5. The lowest BCUT2D eigenvalue weighted by molar-refractivity contribution is 0.102. The average Bonchev–Trinajstić information content (AvgIpc) is 3.37. The van der Waals surface area contributed by atoms with E-state index in [9.17, 15) is 4.79 Å². The number of anilines is 1. The van der Waals surface area contributed by atoms with Crippen LogP contribution in [0.15, 0.2) is 67.1 Å². The first-order valence-electron chi connectivity index (χ1n) is 10.1. The third-order valence-electron chi connectivity index (χ3n) is 5.16. The van der Waals surface area contributed by atoms with Crippen LogP contribution in [0.5, 0.6) is 0 Å². The molecule has 1 N–H and O–H groups in total. The van der Waals surface area contributed by atoms with Crippen LogP contribution in [-0.4, -0.2) is 25.2 Å². The number of hydrogen-bond acceptors (Lipinski definition) is 3. The first-order chi connectivity index (χ1) is 14.9. The summed E-state index contributed by atoms with van der Waals surface area (Å²) in [6.07, 6.45) is 5.37. The summed E-state index contributed by atoms with van der Waals surface area (Å²) in [5.74, 6) is 0.901. The molecule has 0 bridgehead atoms. The van der Waals surface area contributed by atoms with Crippen molar-refractivity contribution in [1.82, 2.24) is 19.3 Å². The molecule has 0 aliphatic heterocycles. The van der Waals surface area contributed by atoms with Gasteiger partial charge in [0.15, 0.2) is 0 Å². The maximum absolute atomic E-state index is 13.0. The van der Waals surface area contributed by atoms with Crippen LogP contribution >= 0.6 is 11.6 Å². The Bertz CT molecular complexity index is 1190. The lowest BCUT2D eigenvalue weighted by Crippen LogP contribution is -2.15. The van der Waals surface area contributed by atoms with Crippen molar-refractivity contribution in [2.24, 2.45) is 0 Å².